The second-order valence-electron chi connectivity index (χ2n) is 6.90. The highest BCUT2D eigenvalue weighted by Gasteiger charge is 2.31. The maximum atomic E-state index is 12.7. The number of hydrogen-bond acceptors (Lipinski definition) is 4. The van der Waals surface area contributed by atoms with Gasteiger partial charge in [-0.3, -0.25) is 4.98 Å². The average molecular weight is 386 g/mol. The number of aromatic nitrogens is 2. The molecule has 0 unspecified atom stereocenters. The fraction of sp³-hybridized carbons (Fsp3) is 0.444. The first-order valence-corrected chi connectivity index (χ1v) is 8.70. The van der Waals surface area contributed by atoms with E-state index in [1.54, 1.807) is 6.07 Å². The van der Waals surface area contributed by atoms with Crippen LogP contribution in [0.1, 0.15) is 38.2 Å². The lowest BCUT2D eigenvalue weighted by molar-refractivity contribution is -0.137. The van der Waals surface area contributed by atoms with E-state index in [9.17, 15) is 18.3 Å². The Kier molecular flexibility index (Phi) is 5.12. The molecule has 0 aliphatic heterocycles. The predicted molar refractivity (Wildman–Crippen MR) is 94.0 cm³/mol. The number of rotatable bonds is 3. The zero-order valence-electron chi connectivity index (χ0n) is 14.1. The first-order valence-electron chi connectivity index (χ1n) is 8.32. The van der Waals surface area contributed by atoms with E-state index in [4.69, 9.17) is 11.6 Å². The van der Waals surface area contributed by atoms with Crippen LogP contribution in [0.4, 0.5) is 18.9 Å². The molecule has 0 amide bonds. The Balaban J connectivity index is 1.84. The standard InChI is InChI=1S/C18H19ClF3N3O/c1-17(26)6-4-12(5-7-17)25-15-8-16(19)24-10-13(15)14-3-2-11(9-23-14)18(20,21)22/h2-3,8-10,12,26H,4-7H2,1H3,(H,24,25). The van der Waals surface area contributed by atoms with Crippen LogP contribution in [0.25, 0.3) is 11.3 Å². The Labute approximate surface area is 154 Å². The molecular formula is C18H19ClF3N3O. The number of nitrogens with zero attached hydrogens (tertiary/aromatic N) is 2. The number of alkyl halides is 3. The molecule has 3 rings (SSSR count). The van der Waals surface area contributed by atoms with Gasteiger partial charge in [0.25, 0.3) is 0 Å². The minimum Gasteiger partial charge on any atom is -0.390 e. The van der Waals surface area contributed by atoms with E-state index < -0.39 is 17.3 Å². The third-order valence-electron chi connectivity index (χ3n) is 4.66. The van der Waals surface area contributed by atoms with Crippen LogP contribution in [0.3, 0.4) is 0 Å². The second kappa shape index (κ2) is 7.04. The Morgan fingerprint density at radius 2 is 1.88 bits per heavy atom. The number of anilines is 1. The normalized spacial score (nSPS) is 23.7. The molecule has 26 heavy (non-hydrogen) atoms. The molecule has 140 valence electrons. The van der Waals surface area contributed by atoms with Gasteiger partial charge in [-0.1, -0.05) is 11.6 Å². The summed E-state index contributed by atoms with van der Waals surface area (Å²) in [5.41, 5.74) is 0.190. The molecule has 1 fully saturated rings. The Bertz CT molecular complexity index is 768. The van der Waals surface area contributed by atoms with Crippen molar-refractivity contribution < 1.29 is 18.3 Å². The zero-order chi connectivity index (χ0) is 18.9. The van der Waals surface area contributed by atoms with Gasteiger partial charge in [-0.2, -0.15) is 13.2 Å². The quantitative estimate of drug-likeness (QED) is 0.736. The van der Waals surface area contributed by atoms with E-state index in [0.29, 0.717) is 29.8 Å². The van der Waals surface area contributed by atoms with E-state index >= 15 is 0 Å². The summed E-state index contributed by atoms with van der Waals surface area (Å²) in [6.45, 7) is 1.82. The van der Waals surface area contributed by atoms with Gasteiger partial charge in [0.05, 0.1) is 16.9 Å². The molecule has 0 radical (unpaired) electrons. The van der Waals surface area contributed by atoms with Crippen molar-refractivity contribution >= 4 is 17.3 Å². The van der Waals surface area contributed by atoms with E-state index in [1.807, 2.05) is 6.92 Å². The number of halogens is 4. The van der Waals surface area contributed by atoms with Crippen LogP contribution in [0.2, 0.25) is 5.15 Å². The fourth-order valence-electron chi connectivity index (χ4n) is 3.08. The highest BCUT2D eigenvalue weighted by atomic mass is 35.5. The van der Waals surface area contributed by atoms with Gasteiger partial charge in [-0.25, -0.2) is 4.98 Å². The largest absolute Gasteiger partial charge is 0.417 e. The zero-order valence-corrected chi connectivity index (χ0v) is 14.9. The molecule has 2 aromatic heterocycles. The van der Waals surface area contributed by atoms with Gasteiger partial charge >= 0.3 is 6.18 Å². The summed E-state index contributed by atoms with van der Waals surface area (Å²) in [7, 11) is 0. The van der Waals surface area contributed by atoms with Crippen molar-refractivity contribution in [3.05, 3.63) is 41.3 Å². The highest BCUT2D eigenvalue weighted by molar-refractivity contribution is 6.29. The third-order valence-corrected chi connectivity index (χ3v) is 4.87. The van der Waals surface area contributed by atoms with Crippen LogP contribution < -0.4 is 5.32 Å². The minimum absolute atomic E-state index is 0.141. The topological polar surface area (TPSA) is 58.0 Å². The first-order chi connectivity index (χ1) is 12.1. The molecule has 1 aliphatic carbocycles. The summed E-state index contributed by atoms with van der Waals surface area (Å²) in [4.78, 5) is 7.97. The van der Waals surface area contributed by atoms with E-state index in [0.717, 1.165) is 25.1 Å². The van der Waals surface area contributed by atoms with Crippen molar-refractivity contribution in [2.45, 2.75) is 50.4 Å². The molecule has 0 spiro atoms. The summed E-state index contributed by atoms with van der Waals surface area (Å²) in [6, 6.07) is 4.11. The van der Waals surface area contributed by atoms with Crippen LogP contribution in [0.5, 0.6) is 0 Å². The van der Waals surface area contributed by atoms with E-state index in [1.165, 1.54) is 12.3 Å². The molecule has 1 aliphatic rings. The summed E-state index contributed by atoms with van der Waals surface area (Å²) in [5.74, 6) is 0. The monoisotopic (exact) mass is 385 g/mol. The van der Waals surface area contributed by atoms with Crippen LogP contribution in [0.15, 0.2) is 30.6 Å². The molecule has 0 aromatic carbocycles. The van der Waals surface area contributed by atoms with Gasteiger partial charge in [0, 0.05) is 29.7 Å². The van der Waals surface area contributed by atoms with Gasteiger partial charge < -0.3 is 10.4 Å². The van der Waals surface area contributed by atoms with Crippen molar-refractivity contribution in [2.24, 2.45) is 0 Å². The lowest BCUT2D eigenvalue weighted by atomic mass is 9.83. The number of hydrogen-bond donors (Lipinski definition) is 2. The van der Waals surface area contributed by atoms with Gasteiger partial charge in [0.15, 0.2) is 0 Å². The first kappa shape index (κ1) is 18.9. The SMILES string of the molecule is CC1(O)CCC(Nc2cc(Cl)ncc2-c2ccc(C(F)(F)F)cn2)CC1. The Morgan fingerprint density at radius 1 is 1.19 bits per heavy atom. The van der Waals surface area contributed by atoms with Crippen molar-refractivity contribution in [3.8, 4) is 11.3 Å². The second-order valence-corrected chi connectivity index (χ2v) is 7.29. The molecule has 2 heterocycles. The maximum Gasteiger partial charge on any atom is 0.417 e. The smallest absolute Gasteiger partial charge is 0.390 e. The lowest BCUT2D eigenvalue weighted by Crippen LogP contribution is -2.35. The molecule has 2 N–H and O–H groups in total. The fourth-order valence-corrected chi connectivity index (χ4v) is 3.24. The summed E-state index contributed by atoms with van der Waals surface area (Å²) >= 11 is 5.99. The number of nitrogens with one attached hydrogen (secondary N) is 1. The number of aliphatic hydroxyl groups is 1. The number of pyridine rings is 2. The third kappa shape index (κ3) is 4.45. The van der Waals surface area contributed by atoms with Gasteiger partial charge in [0.2, 0.25) is 0 Å². The molecule has 1 saturated carbocycles. The molecular weight excluding hydrogens is 367 g/mol. The summed E-state index contributed by atoms with van der Waals surface area (Å²) < 4.78 is 38.2. The van der Waals surface area contributed by atoms with Crippen LogP contribution in [0, 0.1) is 0 Å². The molecule has 4 nitrogen and oxygen atoms in total. The van der Waals surface area contributed by atoms with Crippen molar-refractivity contribution in [2.75, 3.05) is 5.32 Å². The van der Waals surface area contributed by atoms with Crippen LogP contribution >= 0.6 is 11.6 Å². The highest BCUT2D eigenvalue weighted by Crippen LogP contribution is 2.34. The Hall–Kier alpha value is -1.86. The molecule has 0 atom stereocenters. The van der Waals surface area contributed by atoms with Gasteiger partial charge in [-0.15, -0.1) is 0 Å². The van der Waals surface area contributed by atoms with Crippen molar-refractivity contribution in [1.29, 1.82) is 0 Å². The summed E-state index contributed by atoms with van der Waals surface area (Å²) in [6.07, 6.45) is 0.809. The molecule has 2 aromatic rings. The minimum atomic E-state index is -4.43. The lowest BCUT2D eigenvalue weighted by Gasteiger charge is -2.34. The summed E-state index contributed by atoms with van der Waals surface area (Å²) in [5, 5.41) is 13.7. The van der Waals surface area contributed by atoms with Gasteiger partial charge in [0.1, 0.15) is 5.15 Å². The molecule has 0 bridgehead atoms. The average Bonchev–Trinajstić information content (AvgIpc) is 2.56. The van der Waals surface area contributed by atoms with E-state index in [2.05, 4.69) is 15.3 Å². The van der Waals surface area contributed by atoms with Crippen molar-refractivity contribution in [1.82, 2.24) is 9.97 Å². The Morgan fingerprint density at radius 3 is 2.46 bits per heavy atom. The van der Waals surface area contributed by atoms with Crippen LogP contribution in [-0.2, 0) is 6.18 Å². The van der Waals surface area contributed by atoms with E-state index in [-0.39, 0.29) is 11.2 Å². The van der Waals surface area contributed by atoms with Gasteiger partial charge in [-0.05, 0) is 50.8 Å². The molecule has 0 saturated heterocycles. The molecule has 8 heteroatoms. The van der Waals surface area contributed by atoms with Crippen LogP contribution in [-0.4, -0.2) is 26.7 Å². The van der Waals surface area contributed by atoms with Crippen molar-refractivity contribution in [3.63, 3.8) is 0 Å². The predicted octanol–water partition coefficient (Wildman–Crippen LogP) is 4.92. The maximum absolute atomic E-state index is 12.7.